The summed E-state index contributed by atoms with van der Waals surface area (Å²) >= 11 is 0. The van der Waals surface area contributed by atoms with E-state index < -0.39 is 11.4 Å². The molecular formula is C17H18O5. The molecule has 0 fully saturated rings. The second kappa shape index (κ2) is 5.16. The van der Waals surface area contributed by atoms with Gasteiger partial charge in [-0.3, -0.25) is 9.59 Å². The minimum Gasteiger partial charge on any atom is -0.497 e. The molecule has 0 aromatic heterocycles. The fourth-order valence-corrected chi connectivity index (χ4v) is 3.33. The molecule has 0 radical (unpaired) electrons. The topological polar surface area (TPSA) is 72.8 Å². The summed E-state index contributed by atoms with van der Waals surface area (Å²) in [6, 6.07) is 7.66. The zero-order chi connectivity index (χ0) is 15.9. The normalized spacial score (nSPS) is 27.4. The largest absolute Gasteiger partial charge is 0.497 e. The lowest BCUT2D eigenvalue weighted by Gasteiger charge is -2.34. The predicted octanol–water partition coefficient (Wildman–Crippen LogP) is 2.86. The van der Waals surface area contributed by atoms with Gasteiger partial charge < -0.3 is 14.6 Å². The third-order valence-corrected chi connectivity index (χ3v) is 4.69. The maximum absolute atomic E-state index is 11.7. The van der Waals surface area contributed by atoms with Gasteiger partial charge in [0.2, 0.25) is 0 Å². The number of hydrogen-bond acceptors (Lipinski definition) is 4. The molecule has 5 nitrogen and oxygen atoms in total. The number of esters is 1. The van der Waals surface area contributed by atoms with Crippen molar-refractivity contribution in [2.45, 2.75) is 32.1 Å². The minimum absolute atomic E-state index is 0.0276. The van der Waals surface area contributed by atoms with Gasteiger partial charge in [0.1, 0.15) is 16.9 Å². The van der Waals surface area contributed by atoms with Crippen molar-refractivity contribution < 1.29 is 24.2 Å². The average Bonchev–Trinajstić information content (AvgIpc) is 2.90. The number of rotatable bonds is 3. The summed E-state index contributed by atoms with van der Waals surface area (Å²) in [5, 5.41) is 9.51. The third-order valence-electron chi connectivity index (χ3n) is 4.69. The molecule has 2 unspecified atom stereocenters. The van der Waals surface area contributed by atoms with Crippen LogP contribution < -0.4 is 4.74 Å². The van der Waals surface area contributed by atoms with Crippen LogP contribution in [0.2, 0.25) is 0 Å². The number of hydrogen-bond donors (Lipinski definition) is 1. The quantitative estimate of drug-likeness (QED) is 0.869. The van der Waals surface area contributed by atoms with Gasteiger partial charge in [-0.25, -0.2) is 0 Å². The maximum atomic E-state index is 11.7. The number of carbonyl (C=O) groups is 2. The van der Waals surface area contributed by atoms with Crippen molar-refractivity contribution in [2.24, 2.45) is 5.41 Å². The summed E-state index contributed by atoms with van der Waals surface area (Å²) in [5.74, 6) is -0.166. The van der Waals surface area contributed by atoms with E-state index in [1.807, 2.05) is 24.3 Å². The van der Waals surface area contributed by atoms with Crippen LogP contribution in [0.15, 0.2) is 35.6 Å². The molecule has 1 aromatic carbocycles. The first-order valence-corrected chi connectivity index (χ1v) is 7.27. The number of methoxy groups -OCH3 is 1. The molecule has 0 amide bonds. The van der Waals surface area contributed by atoms with E-state index in [9.17, 15) is 14.7 Å². The molecule has 0 saturated carbocycles. The minimum atomic E-state index is -1.11. The Kier molecular flexibility index (Phi) is 3.43. The van der Waals surface area contributed by atoms with E-state index >= 15 is 0 Å². The van der Waals surface area contributed by atoms with Gasteiger partial charge in [-0.1, -0.05) is 12.1 Å². The maximum Gasteiger partial charge on any atom is 0.317 e. The predicted molar refractivity (Wildman–Crippen MR) is 78.4 cm³/mol. The van der Waals surface area contributed by atoms with E-state index in [0.29, 0.717) is 18.6 Å². The smallest absolute Gasteiger partial charge is 0.317 e. The number of aliphatic carboxylic acids is 1. The van der Waals surface area contributed by atoms with Crippen LogP contribution in [0.3, 0.4) is 0 Å². The van der Waals surface area contributed by atoms with Crippen molar-refractivity contribution >= 4 is 11.9 Å². The van der Waals surface area contributed by atoms with Crippen molar-refractivity contribution in [2.75, 3.05) is 7.11 Å². The molecule has 1 N–H and O–H groups in total. The first kappa shape index (κ1) is 14.6. The van der Waals surface area contributed by atoms with Crippen molar-refractivity contribution in [1.29, 1.82) is 0 Å². The summed E-state index contributed by atoms with van der Waals surface area (Å²) in [6.07, 6.45) is 1.31. The molecule has 0 bridgehead atoms. The second-order valence-corrected chi connectivity index (χ2v) is 6.01. The molecule has 1 aromatic rings. The van der Waals surface area contributed by atoms with Gasteiger partial charge in [0.05, 0.1) is 13.5 Å². The van der Waals surface area contributed by atoms with Crippen LogP contribution in [0.1, 0.15) is 37.7 Å². The molecule has 1 aliphatic heterocycles. The van der Waals surface area contributed by atoms with Gasteiger partial charge in [0.15, 0.2) is 0 Å². The van der Waals surface area contributed by atoms with Gasteiger partial charge in [-0.05, 0) is 43.0 Å². The van der Waals surface area contributed by atoms with Crippen LogP contribution in [0, 0.1) is 5.41 Å². The van der Waals surface area contributed by atoms with Crippen molar-refractivity contribution in [3.05, 3.63) is 41.2 Å². The second-order valence-electron chi connectivity index (χ2n) is 6.01. The van der Waals surface area contributed by atoms with E-state index in [0.717, 1.165) is 16.9 Å². The van der Waals surface area contributed by atoms with Crippen LogP contribution in [0.25, 0.3) is 0 Å². The Balaban J connectivity index is 2.02. The zero-order valence-electron chi connectivity index (χ0n) is 12.6. The SMILES string of the molecule is COc1ccc(C2CCC(C)(C(=O)O)C3=C2CC(=O)O3)cc1. The molecule has 3 rings (SSSR count). The van der Waals surface area contributed by atoms with E-state index in [1.54, 1.807) is 14.0 Å². The molecule has 5 heteroatoms. The molecule has 1 heterocycles. The third kappa shape index (κ3) is 2.17. The molecule has 0 spiro atoms. The number of carboxylic acid groups (broad SMARTS) is 1. The van der Waals surface area contributed by atoms with Gasteiger partial charge in [0.25, 0.3) is 0 Å². The molecule has 0 saturated heterocycles. The van der Waals surface area contributed by atoms with Crippen LogP contribution >= 0.6 is 0 Å². The average molecular weight is 302 g/mol. The van der Waals surface area contributed by atoms with E-state index in [2.05, 4.69) is 0 Å². The molecular weight excluding hydrogens is 284 g/mol. The molecule has 2 atom stereocenters. The highest BCUT2D eigenvalue weighted by molar-refractivity contribution is 5.84. The summed E-state index contributed by atoms with van der Waals surface area (Å²) in [6.45, 7) is 1.63. The summed E-state index contributed by atoms with van der Waals surface area (Å²) in [4.78, 5) is 23.3. The van der Waals surface area contributed by atoms with Gasteiger partial charge in [-0.15, -0.1) is 0 Å². The number of benzene rings is 1. The van der Waals surface area contributed by atoms with E-state index in [-0.39, 0.29) is 18.3 Å². The van der Waals surface area contributed by atoms with Crippen molar-refractivity contribution in [3.63, 3.8) is 0 Å². The van der Waals surface area contributed by atoms with E-state index in [1.165, 1.54) is 0 Å². The lowest BCUT2D eigenvalue weighted by atomic mass is 9.70. The Morgan fingerprint density at radius 1 is 1.36 bits per heavy atom. The standard InChI is InChI=1S/C17H18O5/c1-17(16(19)20)8-7-12(13-9-14(18)22-15(13)17)10-3-5-11(21-2)6-4-10/h3-6,12H,7-9H2,1-2H3,(H,19,20). The van der Waals surface area contributed by atoms with Gasteiger partial charge >= 0.3 is 11.9 Å². The Bertz CT molecular complexity index is 658. The number of carboxylic acids is 1. The highest BCUT2D eigenvalue weighted by Crippen LogP contribution is 2.51. The summed E-state index contributed by atoms with van der Waals surface area (Å²) in [7, 11) is 1.61. The van der Waals surface area contributed by atoms with E-state index in [4.69, 9.17) is 9.47 Å². The number of ether oxygens (including phenoxy) is 2. The zero-order valence-corrected chi connectivity index (χ0v) is 12.6. The fraction of sp³-hybridized carbons (Fsp3) is 0.412. The molecule has 22 heavy (non-hydrogen) atoms. The van der Waals surface area contributed by atoms with Crippen LogP contribution in [-0.4, -0.2) is 24.2 Å². The number of carbonyl (C=O) groups excluding carboxylic acids is 1. The highest BCUT2D eigenvalue weighted by Gasteiger charge is 2.49. The van der Waals surface area contributed by atoms with Crippen molar-refractivity contribution in [1.82, 2.24) is 0 Å². The van der Waals surface area contributed by atoms with Crippen LogP contribution in [0.4, 0.5) is 0 Å². The Morgan fingerprint density at radius 2 is 2.05 bits per heavy atom. The van der Waals surface area contributed by atoms with Crippen molar-refractivity contribution in [3.8, 4) is 5.75 Å². The first-order valence-electron chi connectivity index (χ1n) is 7.27. The van der Waals surface area contributed by atoms with Gasteiger partial charge in [-0.2, -0.15) is 0 Å². The van der Waals surface area contributed by atoms with Crippen LogP contribution in [0.5, 0.6) is 5.75 Å². The lowest BCUT2D eigenvalue weighted by Crippen LogP contribution is -2.34. The monoisotopic (exact) mass is 302 g/mol. The molecule has 116 valence electrons. The Hall–Kier alpha value is -2.30. The summed E-state index contributed by atoms with van der Waals surface area (Å²) < 4.78 is 10.4. The van der Waals surface area contributed by atoms with Crippen LogP contribution in [-0.2, 0) is 14.3 Å². The van der Waals surface area contributed by atoms with Gasteiger partial charge in [0, 0.05) is 5.92 Å². The Morgan fingerprint density at radius 3 is 2.64 bits per heavy atom. The first-order chi connectivity index (χ1) is 10.5. The Labute approximate surface area is 128 Å². The fourth-order valence-electron chi connectivity index (χ4n) is 3.33. The highest BCUT2D eigenvalue weighted by atomic mass is 16.5. The lowest BCUT2D eigenvalue weighted by molar-refractivity contribution is -0.150. The molecule has 1 aliphatic carbocycles. The summed E-state index contributed by atoms with van der Waals surface area (Å²) in [5.41, 5.74) is 0.759. The molecule has 2 aliphatic rings.